The van der Waals surface area contributed by atoms with E-state index in [0.29, 0.717) is 4.90 Å². The third-order valence-corrected chi connectivity index (χ3v) is 4.75. The van der Waals surface area contributed by atoms with Crippen molar-refractivity contribution < 1.29 is 18.5 Å². The highest BCUT2D eigenvalue weighted by Gasteiger charge is 2.43. The van der Waals surface area contributed by atoms with Gasteiger partial charge >= 0.3 is 5.97 Å². The zero-order valence-electron chi connectivity index (χ0n) is 13.0. The number of carbonyl (C=O) groups is 2. The molecule has 2 rings (SSSR count). The second kappa shape index (κ2) is 6.92. The molecule has 1 fully saturated rings. The number of rotatable bonds is 6. The summed E-state index contributed by atoms with van der Waals surface area (Å²) < 4.78 is 16.6. The molecule has 1 aromatic rings. The summed E-state index contributed by atoms with van der Waals surface area (Å²) in [5, 5.41) is 11.8. The van der Waals surface area contributed by atoms with Crippen molar-refractivity contribution in [2.45, 2.75) is 30.2 Å². The van der Waals surface area contributed by atoms with E-state index in [1.807, 2.05) is 0 Å². The molecule has 1 aliphatic rings. The smallest absolute Gasteiger partial charge is 0.339 e. The lowest BCUT2D eigenvalue weighted by atomic mass is 9.98. The molecule has 122 valence electrons. The van der Waals surface area contributed by atoms with E-state index in [1.165, 1.54) is 12.3 Å². The minimum absolute atomic E-state index is 0.149. The fourth-order valence-corrected chi connectivity index (χ4v) is 3.03. The summed E-state index contributed by atoms with van der Waals surface area (Å²) >= 11 is 0. The standard InChI is InChI=1S/C16H18N2O4S/c1-16(10-17,11-7-8-11)18-14(19)9-22-15(20)12-5-3-4-6-13(12)23(2)21/h3-6,11H,7-9H2,1-2H3,(H,18,19)/t16-,23-/m0/s1. The molecule has 1 amide bonds. The van der Waals surface area contributed by atoms with E-state index in [-0.39, 0.29) is 11.5 Å². The average molecular weight is 334 g/mol. The van der Waals surface area contributed by atoms with Gasteiger partial charge in [-0.2, -0.15) is 5.26 Å². The summed E-state index contributed by atoms with van der Waals surface area (Å²) in [5.41, 5.74) is -0.752. The van der Waals surface area contributed by atoms with Crippen LogP contribution in [0.1, 0.15) is 30.1 Å². The molecule has 0 spiro atoms. The first kappa shape index (κ1) is 17.2. The lowest BCUT2D eigenvalue weighted by Gasteiger charge is -2.22. The SMILES string of the molecule is C[S@](=O)c1ccccc1C(=O)OCC(=O)N[C@@](C)(C#N)C1CC1. The molecule has 0 saturated heterocycles. The summed E-state index contributed by atoms with van der Waals surface area (Å²) in [6.07, 6.45) is 3.27. The van der Waals surface area contributed by atoms with Crippen LogP contribution in [0.15, 0.2) is 29.2 Å². The van der Waals surface area contributed by atoms with Gasteiger partial charge in [0.05, 0.1) is 27.3 Å². The molecule has 1 saturated carbocycles. The van der Waals surface area contributed by atoms with Crippen molar-refractivity contribution in [1.29, 1.82) is 5.26 Å². The molecule has 1 aliphatic carbocycles. The Kier molecular flexibility index (Phi) is 5.16. The third-order valence-electron chi connectivity index (χ3n) is 3.78. The van der Waals surface area contributed by atoms with Gasteiger partial charge < -0.3 is 10.1 Å². The number of carbonyl (C=O) groups excluding carboxylic acids is 2. The highest BCUT2D eigenvalue weighted by molar-refractivity contribution is 7.84. The summed E-state index contributed by atoms with van der Waals surface area (Å²) in [6, 6.07) is 8.49. The Morgan fingerprint density at radius 1 is 1.43 bits per heavy atom. The van der Waals surface area contributed by atoms with Crippen LogP contribution in [0.5, 0.6) is 0 Å². The number of ether oxygens (including phenoxy) is 1. The zero-order chi connectivity index (χ0) is 17.0. The zero-order valence-corrected chi connectivity index (χ0v) is 13.8. The molecule has 2 atom stereocenters. The number of benzene rings is 1. The van der Waals surface area contributed by atoms with Gasteiger partial charge in [0.1, 0.15) is 5.54 Å². The second-order valence-corrected chi connectivity index (χ2v) is 7.01. The van der Waals surface area contributed by atoms with Crippen LogP contribution in [0.25, 0.3) is 0 Å². The Bertz CT molecular complexity index is 694. The van der Waals surface area contributed by atoms with E-state index in [2.05, 4.69) is 11.4 Å². The van der Waals surface area contributed by atoms with E-state index in [1.54, 1.807) is 25.1 Å². The maximum Gasteiger partial charge on any atom is 0.339 e. The largest absolute Gasteiger partial charge is 0.452 e. The predicted octanol–water partition coefficient (Wildman–Crippen LogP) is 1.39. The van der Waals surface area contributed by atoms with Crippen LogP contribution in [0.3, 0.4) is 0 Å². The van der Waals surface area contributed by atoms with Crippen LogP contribution in [0, 0.1) is 17.2 Å². The van der Waals surface area contributed by atoms with Gasteiger partial charge in [-0.25, -0.2) is 4.79 Å². The van der Waals surface area contributed by atoms with Crippen molar-refractivity contribution in [1.82, 2.24) is 5.32 Å². The Morgan fingerprint density at radius 2 is 2.09 bits per heavy atom. The van der Waals surface area contributed by atoms with Crippen LogP contribution in [0.4, 0.5) is 0 Å². The number of nitriles is 1. The predicted molar refractivity (Wildman–Crippen MR) is 83.9 cm³/mol. The van der Waals surface area contributed by atoms with Gasteiger partial charge in [0, 0.05) is 6.26 Å². The Labute approximate surface area is 137 Å². The van der Waals surface area contributed by atoms with Crippen LogP contribution in [-0.4, -0.2) is 34.5 Å². The molecular weight excluding hydrogens is 316 g/mol. The van der Waals surface area contributed by atoms with Crippen molar-refractivity contribution >= 4 is 22.7 Å². The van der Waals surface area contributed by atoms with Gasteiger partial charge in [-0.15, -0.1) is 0 Å². The molecule has 0 heterocycles. The van der Waals surface area contributed by atoms with Crippen LogP contribution < -0.4 is 5.32 Å². The second-order valence-electron chi connectivity index (χ2n) is 5.66. The maximum atomic E-state index is 12.1. The highest BCUT2D eigenvalue weighted by Crippen LogP contribution is 2.39. The molecule has 0 aliphatic heterocycles. The molecule has 0 radical (unpaired) electrons. The lowest BCUT2D eigenvalue weighted by Crippen LogP contribution is -2.48. The normalized spacial score (nSPS) is 17.4. The number of esters is 1. The fourth-order valence-electron chi connectivity index (χ4n) is 2.30. The van der Waals surface area contributed by atoms with E-state index in [9.17, 15) is 19.1 Å². The van der Waals surface area contributed by atoms with Crippen molar-refractivity contribution in [2.24, 2.45) is 5.92 Å². The summed E-state index contributed by atoms with van der Waals surface area (Å²) in [6.45, 7) is 1.19. The molecule has 1 aromatic carbocycles. The van der Waals surface area contributed by atoms with Crippen LogP contribution >= 0.6 is 0 Å². The molecule has 0 aromatic heterocycles. The van der Waals surface area contributed by atoms with Crippen molar-refractivity contribution in [3.05, 3.63) is 29.8 Å². The van der Waals surface area contributed by atoms with E-state index in [4.69, 9.17) is 4.74 Å². The van der Waals surface area contributed by atoms with Crippen molar-refractivity contribution in [2.75, 3.05) is 12.9 Å². The molecular formula is C16H18N2O4S. The molecule has 6 nitrogen and oxygen atoms in total. The maximum absolute atomic E-state index is 12.1. The molecule has 0 unspecified atom stereocenters. The lowest BCUT2D eigenvalue weighted by molar-refractivity contribution is -0.125. The summed E-state index contributed by atoms with van der Waals surface area (Å²) in [4.78, 5) is 24.3. The number of hydrogen-bond donors (Lipinski definition) is 1. The van der Waals surface area contributed by atoms with Gasteiger partial charge in [-0.3, -0.25) is 9.00 Å². The number of hydrogen-bond acceptors (Lipinski definition) is 5. The van der Waals surface area contributed by atoms with E-state index >= 15 is 0 Å². The van der Waals surface area contributed by atoms with Crippen LogP contribution in [-0.2, 0) is 20.3 Å². The van der Waals surface area contributed by atoms with Gasteiger partial charge in [0.2, 0.25) is 0 Å². The van der Waals surface area contributed by atoms with Gasteiger partial charge in [-0.05, 0) is 37.8 Å². The van der Waals surface area contributed by atoms with Crippen molar-refractivity contribution in [3.63, 3.8) is 0 Å². The van der Waals surface area contributed by atoms with E-state index < -0.39 is 34.8 Å². The topological polar surface area (TPSA) is 96.3 Å². The van der Waals surface area contributed by atoms with Crippen molar-refractivity contribution in [3.8, 4) is 6.07 Å². The van der Waals surface area contributed by atoms with Gasteiger partial charge in [0.15, 0.2) is 6.61 Å². The monoisotopic (exact) mass is 334 g/mol. The third kappa shape index (κ3) is 4.17. The molecule has 0 bridgehead atoms. The quantitative estimate of drug-likeness (QED) is 0.793. The summed E-state index contributed by atoms with van der Waals surface area (Å²) in [7, 11) is -1.34. The fraction of sp³-hybridized carbons (Fsp3) is 0.438. The Balaban J connectivity index is 1.96. The van der Waals surface area contributed by atoms with E-state index in [0.717, 1.165) is 12.8 Å². The molecule has 23 heavy (non-hydrogen) atoms. The first-order valence-corrected chi connectivity index (χ1v) is 8.75. The van der Waals surface area contributed by atoms with Crippen LogP contribution in [0.2, 0.25) is 0 Å². The summed E-state index contributed by atoms with van der Waals surface area (Å²) in [5.74, 6) is -1.09. The minimum Gasteiger partial charge on any atom is -0.452 e. The number of amides is 1. The average Bonchev–Trinajstić information content (AvgIpc) is 3.37. The molecule has 1 N–H and O–H groups in total. The number of nitrogens with zero attached hydrogens (tertiary/aromatic N) is 1. The highest BCUT2D eigenvalue weighted by atomic mass is 32.2. The minimum atomic E-state index is -1.34. The first-order valence-electron chi connectivity index (χ1n) is 7.19. The Morgan fingerprint density at radius 3 is 2.65 bits per heavy atom. The number of nitrogens with one attached hydrogen (secondary N) is 1. The Hall–Kier alpha value is -2.20. The van der Waals surface area contributed by atoms with Gasteiger partial charge in [0.25, 0.3) is 5.91 Å². The molecule has 7 heteroatoms. The first-order chi connectivity index (χ1) is 10.9. The van der Waals surface area contributed by atoms with Gasteiger partial charge in [-0.1, -0.05) is 12.1 Å².